The molecule has 5 heteroatoms. The van der Waals surface area contributed by atoms with E-state index in [0.29, 0.717) is 17.2 Å². The zero-order valence-corrected chi connectivity index (χ0v) is 13.8. The topological polar surface area (TPSA) is 55.2 Å². The van der Waals surface area contributed by atoms with Crippen LogP contribution in [0.3, 0.4) is 0 Å². The van der Waals surface area contributed by atoms with Gasteiger partial charge in [0, 0.05) is 30.0 Å². The summed E-state index contributed by atoms with van der Waals surface area (Å²) in [5.41, 5.74) is -0.709. The molecule has 0 aliphatic heterocycles. The molecule has 2 aromatic rings. The molecule has 4 nitrogen and oxygen atoms in total. The van der Waals surface area contributed by atoms with Gasteiger partial charge < -0.3 is 9.84 Å². The van der Waals surface area contributed by atoms with Gasteiger partial charge in [-0.05, 0) is 29.7 Å². The minimum atomic E-state index is -1.07. The molecule has 1 unspecified atom stereocenters. The summed E-state index contributed by atoms with van der Waals surface area (Å²) in [6.45, 7) is 6.10. The Bertz CT molecular complexity index is 596. The van der Waals surface area contributed by atoms with Crippen LogP contribution in [0.1, 0.15) is 26.5 Å². The molecule has 1 N–H and O–H groups in total. The second-order valence-electron chi connectivity index (χ2n) is 6.40. The van der Waals surface area contributed by atoms with E-state index in [4.69, 9.17) is 16.3 Å². The van der Waals surface area contributed by atoms with Crippen molar-refractivity contribution in [2.24, 2.45) is 5.41 Å². The van der Waals surface area contributed by atoms with E-state index in [2.05, 4.69) is 9.97 Å². The minimum absolute atomic E-state index is 0.161. The average Bonchev–Trinajstić information content (AvgIpc) is 2.46. The zero-order valence-electron chi connectivity index (χ0n) is 13.1. The van der Waals surface area contributed by atoms with Crippen LogP contribution in [0, 0.1) is 5.41 Å². The number of rotatable bonds is 5. The molecule has 0 bridgehead atoms. The lowest BCUT2D eigenvalue weighted by Crippen LogP contribution is -2.50. The maximum atomic E-state index is 11.1. The number of benzene rings is 1. The first kappa shape index (κ1) is 16.7. The van der Waals surface area contributed by atoms with Crippen LogP contribution in [-0.4, -0.2) is 27.3 Å². The van der Waals surface area contributed by atoms with Crippen LogP contribution in [0.5, 0.6) is 5.75 Å². The van der Waals surface area contributed by atoms with E-state index >= 15 is 0 Å². The van der Waals surface area contributed by atoms with Crippen LogP contribution in [0.2, 0.25) is 5.02 Å². The number of aromatic nitrogens is 2. The Morgan fingerprint density at radius 1 is 1.14 bits per heavy atom. The first-order valence-electron chi connectivity index (χ1n) is 7.16. The number of hydrogen-bond acceptors (Lipinski definition) is 4. The molecule has 0 fully saturated rings. The number of ether oxygens (including phenoxy) is 1. The van der Waals surface area contributed by atoms with Gasteiger partial charge in [-0.2, -0.15) is 0 Å². The quantitative estimate of drug-likeness (QED) is 0.915. The third kappa shape index (κ3) is 4.18. The maximum Gasteiger partial charge on any atom is 0.119 e. The molecular weight excluding hydrogens is 300 g/mol. The lowest BCUT2D eigenvalue weighted by molar-refractivity contribution is -0.0877. The maximum absolute atomic E-state index is 11.1. The fraction of sp³-hybridized carbons (Fsp3) is 0.412. The summed E-state index contributed by atoms with van der Waals surface area (Å²) in [6.07, 6.45) is 5.28. The fourth-order valence-corrected chi connectivity index (χ4v) is 2.11. The molecule has 0 saturated heterocycles. The normalized spacial score (nSPS) is 14.4. The van der Waals surface area contributed by atoms with Crippen LogP contribution in [0.4, 0.5) is 0 Å². The molecule has 0 aliphatic carbocycles. The summed E-state index contributed by atoms with van der Waals surface area (Å²) in [7, 11) is 0. The summed E-state index contributed by atoms with van der Waals surface area (Å²) in [5.74, 6) is 0.672. The molecule has 0 spiro atoms. The summed E-state index contributed by atoms with van der Waals surface area (Å²) >= 11 is 5.86. The van der Waals surface area contributed by atoms with Crippen LogP contribution >= 0.6 is 11.6 Å². The third-order valence-corrected chi connectivity index (χ3v) is 4.03. The molecule has 118 valence electrons. The summed E-state index contributed by atoms with van der Waals surface area (Å²) in [4.78, 5) is 8.30. The predicted octanol–water partition coefficient (Wildman–Crippen LogP) is 3.53. The highest BCUT2D eigenvalue weighted by Gasteiger charge is 2.41. The molecule has 0 radical (unpaired) electrons. The van der Waals surface area contributed by atoms with Crippen molar-refractivity contribution in [1.82, 2.24) is 9.97 Å². The lowest BCUT2D eigenvalue weighted by atomic mass is 9.74. The van der Waals surface area contributed by atoms with Crippen LogP contribution in [0.25, 0.3) is 0 Å². The van der Waals surface area contributed by atoms with Crippen molar-refractivity contribution in [3.8, 4) is 5.75 Å². The largest absolute Gasteiger partial charge is 0.491 e. The Morgan fingerprint density at radius 2 is 1.82 bits per heavy atom. The van der Waals surface area contributed by atoms with Gasteiger partial charge >= 0.3 is 0 Å². The molecule has 1 atom stereocenters. The van der Waals surface area contributed by atoms with Crippen molar-refractivity contribution in [1.29, 1.82) is 0 Å². The van der Waals surface area contributed by atoms with Gasteiger partial charge in [0.25, 0.3) is 0 Å². The number of halogens is 1. The third-order valence-electron chi connectivity index (χ3n) is 3.78. The van der Waals surface area contributed by atoms with E-state index < -0.39 is 5.60 Å². The first-order valence-corrected chi connectivity index (χ1v) is 7.54. The van der Waals surface area contributed by atoms with Gasteiger partial charge in [0.1, 0.15) is 18.0 Å². The van der Waals surface area contributed by atoms with E-state index in [1.54, 1.807) is 42.9 Å². The van der Waals surface area contributed by atoms with Crippen LogP contribution < -0.4 is 4.74 Å². The van der Waals surface area contributed by atoms with Gasteiger partial charge in [-0.25, -0.2) is 0 Å². The van der Waals surface area contributed by atoms with Crippen LogP contribution in [0.15, 0.2) is 42.9 Å². The Balaban J connectivity index is 2.13. The molecule has 0 aliphatic rings. The van der Waals surface area contributed by atoms with E-state index in [-0.39, 0.29) is 12.0 Å². The van der Waals surface area contributed by atoms with Gasteiger partial charge in [0.15, 0.2) is 0 Å². The van der Waals surface area contributed by atoms with Gasteiger partial charge in [0.05, 0.1) is 5.69 Å². The van der Waals surface area contributed by atoms with E-state index in [9.17, 15) is 5.11 Å². The van der Waals surface area contributed by atoms with Gasteiger partial charge in [-0.3, -0.25) is 9.97 Å². The monoisotopic (exact) mass is 320 g/mol. The Kier molecular flexibility index (Phi) is 5.04. The van der Waals surface area contributed by atoms with Crippen molar-refractivity contribution < 1.29 is 9.84 Å². The van der Waals surface area contributed by atoms with Crippen LogP contribution in [-0.2, 0) is 6.42 Å². The predicted molar refractivity (Wildman–Crippen MR) is 87.1 cm³/mol. The number of hydrogen-bond donors (Lipinski definition) is 1. The van der Waals surface area contributed by atoms with Gasteiger partial charge in [-0.1, -0.05) is 32.4 Å². The smallest absolute Gasteiger partial charge is 0.119 e. The molecule has 1 heterocycles. The zero-order chi connectivity index (χ0) is 16.2. The van der Waals surface area contributed by atoms with E-state index in [1.165, 1.54) is 0 Å². The van der Waals surface area contributed by atoms with Gasteiger partial charge in [-0.15, -0.1) is 0 Å². The molecule has 0 amide bonds. The molecule has 22 heavy (non-hydrogen) atoms. The minimum Gasteiger partial charge on any atom is -0.491 e. The number of nitrogens with zero attached hydrogens (tertiary/aromatic N) is 2. The molecule has 2 rings (SSSR count). The average molecular weight is 321 g/mol. The van der Waals surface area contributed by atoms with Crippen molar-refractivity contribution >= 4 is 11.6 Å². The Labute approximate surface area is 136 Å². The second-order valence-corrected chi connectivity index (χ2v) is 6.83. The molecular formula is C17H21ClN2O2. The highest BCUT2D eigenvalue weighted by Crippen LogP contribution is 2.33. The van der Waals surface area contributed by atoms with Gasteiger partial charge in [0.2, 0.25) is 0 Å². The Hall–Kier alpha value is -1.65. The standard InChI is InChI=1S/C17H21ClN2O2/c1-16(2,3)17(21,10-14-11-19-8-9-20-14)12-22-15-6-4-13(18)5-7-15/h4-9,11,21H,10,12H2,1-3H3. The summed E-state index contributed by atoms with van der Waals surface area (Å²) in [6, 6.07) is 7.09. The molecule has 1 aromatic carbocycles. The van der Waals surface area contributed by atoms with Crippen molar-refractivity contribution in [2.75, 3.05) is 6.61 Å². The lowest BCUT2D eigenvalue weighted by Gasteiger charge is -2.39. The summed E-state index contributed by atoms with van der Waals surface area (Å²) in [5, 5.41) is 11.7. The van der Waals surface area contributed by atoms with Crippen molar-refractivity contribution in [3.05, 3.63) is 53.6 Å². The first-order chi connectivity index (χ1) is 10.3. The van der Waals surface area contributed by atoms with Crippen molar-refractivity contribution in [2.45, 2.75) is 32.8 Å². The summed E-state index contributed by atoms with van der Waals surface area (Å²) < 4.78 is 5.77. The van der Waals surface area contributed by atoms with E-state index in [0.717, 1.165) is 5.69 Å². The number of aliphatic hydroxyl groups is 1. The fourth-order valence-electron chi connectivity index (χ4n) is 1.99. The molecule has 0 saturated carbocycles. The highest BCUT2D eigenvalue weighted by molar-refractivity contribution is 6.30. The Morgan fingerprint density at radius 3 is 2.36 bits per heavy atom. The van der Waals surface area contributed by atoms with Crippen molar-refractivity contribution in [3.63, 3.8) is 0 Å². The highest BCUT2D eigenvalue weighted by atomic mass is 35.5. The SMILES string of the molecule is CC(C)(C)C(O)(COc1ccc(Cl)cc1)Cc1cnccn1. The molecule has 1 aromatic heterocycles. The second kappa shape index (κ2) is 6.63. The van der Waals surface area contributed by atoms with E-state index in [1.807, 2.05) is 20.8 Å².